The highest BCUT2D eigenvalue weighted by molar-refractivity contribution is 7.92. The van der Waals surface area contributed by atoms with Gasteiger partial charge in [0.2, 0.25) is 10.0 Å². The molecule has 0 unspecified atom stereocenters. The topological polar surface area (TPSA) is 123 Å². The third kappa shape index (κ3) is 9.81. The van der Waals surface area contributed by atoms with Crippen LogP contribution in [0, 0.1) is 13.8 Å². The third-order valence-corrected chi connectivity index (χ3v) is 7.59. The molecule has 0 bridgehead atoms. The summed E-state index contributed by atoms with van der Waals surface area (Å²) in [7, 11) is -3.57. The highest BCUT2D eigenvalue weighted by Gasteiger charge is 2.15. The van der Waals surface area contributed by atoms with E-state index in [0.29, 0.717) is 36.6 Å². The van der Waals surface area contributed by atoms with Crippen LogP contribution in [0.1, 0.15) is 45.6 Å². The third-order valence-electron chi connectivity index (χ3n) is 7.00. The second-order valence-electron chi connectivity index (χ2n) is 10.7. The Balaban J connectivity index is 1.31. The van der Waals surface area contributed by atoms with E-state index in [1.165, 1.54) is 0 Å². The van der Waals surface area contributed by atoms with Crippen molar-refractivity contribution in [2.75, 3.05) is 37.3 Å². The van der Waals surface area contributed by atoms with Crippen LogP contribution in [0.2, 0.25) is 0 Å². The molecule has 0 spiro atoms. The van der Waals surface area contributed by atoms with Crippen LogP contribution >= 0.6 is 0 Å². The van der Waals surface area contributed by atoms with Crippen molar-refractivity contribution in [1.29, 1.82) is 0 Å². The van der Waals surface area contributed by atoms with Gasteiger partial charge in [0, 0.05) is 13.1 Å². The smallest absolute Gasteiger partial charge is 0.338 e. The molecule has 0 aliphatic carbocycles. The summed E-state index contributed by atoms with van der Waals surface area (Å²) in [6.07, 6.45) is 0.187. The molecule has 9 nitrogen and oxygen atoms in total. The van der Waals surface area contributed by atoms with Gasteiger partial charge in [-0.3, -0.25) is 4.72 Å². The summed E-state index contributed by atoms with van der Waals surface area (Å²) in [5.74, 6) is 0.770. The number of aliphatic hydroxyl groups excluding tert-OH is 1. The fourth-order valence-corrected chi connectivity index (χ4v) is 5.50. The minimum absolute atomic E-state index is 0.241. The van der Waals surface area contributed by atoms with Gasteiger partial charge in [0.1, 0.15) is 24.7 Å². The van der Waals surface area contributed by atoms with Crippen LogP contribution in [0.15, 0.2) is 84.9 Å². The normalized spacial score (nSPS) is 11.9. The van der Waals surface area contributed by atoms with Gasteiger partial charge in [0.05, 0.1) is 30.2 Å². The molecule has 0 aromatic heterocycles. The summed E-state index contributed by atoms with van der Waals surface area (Å²) in [5, 5.41) is 14.0. The molecule has 0 aliphatic rings. The Morgan fingerprint density at radius 2 is 1.60 bits per heavy atom. The molecule has 0 aliphatic heterocycles. The number of esters is 1. The molecular weight excluding hydrogens is 592 g/mol. The number of benzene rings is 4. The number of aryl methyl sites for hydroxylation is 2. The van der Waals surface area contributed by atoms with E-state index in [9.17, 15) is 18.3 Å². The predicted octanol–water partition coefficient (Wildman–Crippen LogP) is 5.80. The second-order valence-corrected chi connectivity index (χ2v) is 12.5. The van der Waals surface area contributed by atoms with Crippen molar-refractivity contribution < 1.29 is 32.5 Å². The van der Waals surface area contributed by atoms with Crippen LogP contribution in [0.25, 0.3) is 11.1 Å². The summed E-state index contributed by atoms with van der Waals surface area (Å²) in [6.45, 7) is 7.54. The second kappa shape index (κ2) is 15.6. The molecule has 1 atom stereocenters. The van der Waals surface area contributed by atoms with Gasteiger partial charge in [-0.1, -0.05) is 48.5 Å². The zero-order valence-corrected chi connectivity index (χ0v) is 26.8. The van der Waals surface area contributed by atoms with Gasteiger partial charge < -0.3 is 24.6 Å². The van der Waals surface area contributed by atoms with Crippen LogP contribution in [-0.4, -0.2) is 52.1 Å². The Labute approximate surface area is 265 Å². The molecule has 0 saturated carbocycles. The first kappa shape index (κ1) is 33.5. The number of carbonyl (C=O) groups is 1. The van der Waals surface area contributed by atoms with Gasteiger partial charge in [-0.25, -0.2) is 13.2 Å². The lowest BCUT2D eigenvalue weighted by molar-refractivity contribution is 0.0526. The number of aliphatic hydroxyl groups is 1. The predicted molar refractivity (Wildman–Crippen MR) is 176 cm³/mol. The summed E-state index contributed by atoms with van der Waals surface area (Å²) < 4.78 is 43.4. The highest BCUT2D eigenvalue weighted by Crippen LogP contribution is 2.32. The summed E-state index contributed by atoms with van der Waals surface area (Å²) >= 11 is 0. The first-order valence-electron chi connectivity index (χ1n) is 14.7. The maximum absolute atomic E-state index is 12.0. The minimum atomic E-state index is -3.57. The summed E-state index contributed by atoms with van der Waals surface area (Å²) in [5.41, 5.74) is 6.45. The van der Waals surface area contributed by atoms with Crippen molar-refractivity contribution in [1.82, 2.24) is 5.32 Å². The van der Waals surface area contributed by atoms with Crippen LogP contribution in [0.4, 0.5) is 5.69 Å². The van der Waals surface area contributed by atoms with Crippen molar-refractivity contribution in [3.63, 3.8) is 0 Å². The molecule has 0 fully saturated rings. The molecule has 4 aromatic carbocycles. The van der Waals surface area contributed by atoms with Gasteiger partial charge in [-0.05, 0) is 90.6 Å². The van der Waals surface area contributed by atoms with Gasteiger partial charge >= 0.3 is 5.97 Å². The largest absolute Gasteiger partial charge is 0.492 e. The number of hydrogen-bond acceptors (Lipinski definition) is 8. The van der Waals surface area contributed by atoms with E-state index in [2.05, 4.69) is 10.0 Å². The Morgan fingerprint density at radius 1 is 0.911 bits per heavy atom. The van der Waals surface area contributed by atoms with Crippen LogP contribution in [0.5, 0.6) is 11.5 Å². The van der Waals surface area contributed by atoms with E-state index in [-0.39, 0.29) is 24.8 Å². The van der Waals surface area contributed by atoms with Crippen molar-refractivity contribution in [2.45, 2.75) is 33.5 Å². The molecule has 238 valence electrons. The van der Waals surface area contributed by atoms with E-state index in [1.807, 2.05) is 68.4 Å². The van der Waals surface area contributed by atoms with E-state index in [1.54, 1.807) is 37.3 Å². The Morgan fingerprint density at radius 3 is 2.24 bits per heavy atom. The molecule has 0 heterocycles. The number of carbonyl (C=O) groups excluding carboxylic acids is 1. The lowest BCUT2D eigenvalue weighted by Crippen LogP contribution is -2.26. The quantitative estimate of drug-likeness (QED) is 0.111. The first-order valence-corrected chi connectivity index (χ1v) is 16.6. The number of nitrogens with one attached hydrogen (secondary N) is 2. The van der Waals surface area contributed by atoms with Gasteiger partial charge in [0.25, 0.3) is 0 Å². The van der Waals surface area contributed by atoms with E-state index in [4.69, 9.17) is 14.2 Å². The molecule has 3 N–H and O–H groups in total. The molecule has 10 heteroatoms. The Hall–Kier alpha value is -4.38. The molecule has 45 heavy (non-hydrogen) atoms. The monoisotopic (exact) mass is 632 g/mol. The van der Waals surface area contributed by atoms with Crippen molar-refractivity contribution in [2.24, 2.45) is 0 Å². The van der Waals surface area contributed by atoms with Crippen LogP contribution in [0.3, 0.4) is 0 Å². The van der Waals surface area contributed by atoms with Gasteiger partial charge in [0.15, 0.2) is 0 Å². The van der Waals surface area contributed by atoms with Crippen molar-refractivity contribution >= 4 is 21.7 Å². The highest BCUT2D eigenvalue weighted by atomic mass is 32.2. The van der Waals surface area contributed by atoms with Crippen LogP contribution in [-0.2, 0) is 21.4 Å². The standard InChI is InChI=1S/C35H40N2O7S/c1-5-42-35(39)28-13-11-27(12-14-28)34-24(2)19-30(20-25(34)3)43-18-17-36-22-32(38)29-15-16-33(31(21-29)37-45(4,40)41)44-23-26-9-7-6-8-10-26/h6-16,19-21,32,36-38H,5,17-18,22-23H2,1-4H3/t32-/m0/s1. The van der Waals surface area contributed by atoms with Crippen molar-refractivity contribution in [3.05, 3.63) is 113 Å². The molecular formula is C35H40N2O7S. The molecule has 0 amide bonds. The zero-order valence-electron chi connectivity index (χ0n) is 26.0. The molecule has 0 radical (unpaired) electrons. The van der Waals surface area contributed by atoms with E-state index in [0.717, 1.165) is 39.8 Å². The number of hydrogen-bond donors (Lipinski definition) is 3. The first-order chi connectivity index (χ1) is 21.5. The SMILES string of the molecule is CCOC(=O)c1ccc(-c2c(C)cc(OCCNC[C@H](O)c3ccc(OCc4ccccc4)c(NS(C)(=O)=O)c3)cc2C)cc1. The number of anilines is 1. The molecule has 4 aromatic rings. The average molecular weight is 633 g/mol. The van der Waals surface area contributed by atoms with E-state index < -0.39 is 16.1 Å². The minimum Gasteiger partial charge on any atom is -0.492 e. The zero-order chi connectivity index (χ0) is 32.4. The maximum Gasteiger partial charge on any atom is 0.338 e. The van der Waals surface area contributed by atoms with Crippen LogP contribution < -0.4 is 19.5 Å². The molecule has 0 saturated heterocycles. The summed E-state index contributed by atoms with van der Waals surface area (Å²) in [4.78, 5) is 12.0. The number of rotatable bonds is 15. The fraction of sp³-hybridized carbons (Fsp3) is 0.286. The lowest BCUT2D eigenvalue weighted by Gasteiger charge is -2.17. The fourth-order valence-electron chi connectivity index (χ4n) is 4.94. The van der Waals surface area contributed by atoms with Gasteiger partial charge in [-0.2, -0.15) is 0 Å². The maximum atomic E-state index is 12.0. The Bertz CT molecular complexity index is 1670. The Kier molecular flexibility index (Phi) is 11.6. The lowest BCUT2D eigenvalue weighted by atomic mass is 9.95. The number of ether oxygens (including phenoxy) is 3. The summed E-state index contributed by atoms with van der Waals surface area (Å²) in [6, 6.07) is 25.9. The van der Waals surface area contributed by atoms with Gasteiger partial charge in [-0.15, -0.1) is 0 Å². The van der Waals surface area contributed by atoms with Crippen molar-refractivity contribution in [3.8, 4) is 22.6 Å². The van der Waals surface area contributed by atoms with E-state index >= 15 is 0 Å². The molecule has 4 rings (SSSR count). The average Bonchev–Trinajstić information content (AvgIpc) is 3.00. The number of sulfonamides is 1.